The zero-order valence-electron chi connectivity index (χ0n) is 12.2. The van der Waals surface area contributed by atoms with Crippen LogP contribution in [-0.2, 0) is 16.0 Å². The molecule has 0 aromatic heterocycles. The first-order valence-corrected chi connectivity index (χ1v) is 7.39. The average molecular weight is 280 g/mol. The number of carbonyl (C=O) groups is 2. The molecule has 0 saturated heterocycles. The van der Waals surface area contributed by atoms with E-state index < -0.39 is 0 Å². The summed E-state index contributed by atoms with van der Waals surface area (Å²) < 4.78 is 5.72. The molecule has 0 unspecified atom stereocenters. The molecule has 3 heteroatoms. The number of ketones is 2. The van der Waals surface area contributed by atoms with E-state index in [4.69, 9.17) is 4.74 Å². The Balaban J connectivity index is 2.03. The molecule has 2 aliphatic carbocycles. The van der Waals surface area contributed by atoms with Crippen molar-refractivity contribution in [2.45, 2.75) is 26.7 Å². The van der Waals surface area contributed by atoms with Gasteiger partial charge in [0.2, 0.25) is 11.6 Å². The van der Waals surface area contributed by atoms with E-state index in [1.54, 1.807) is 0 Å². The van der Waals surface area contributed by atoms with Gasteiger partial charge in [-0.1, -0.05) is 19.1 Å². The van der Waals surface area contributed by atoms with Crippen LogP contribution in [0.4, 0.5) is 0 Å². The zero-order valence-corrected chi connectivity index (χ0v) is 12.2. The predicted octanol–water partition coefficient (Wildman–Crippen LogP) is 3.18. The fourth-order valence-electron chi connectivity index (χ4n) is 3.65. The molecule has 106 valence electrons. The summed E-state index contributed by atoms with van der Waals surface area (Å²) in [5.41, 5.74) is 5.25. The molecule has 3 aliphatic rings. The van der Waals surface area contributed by atoms with Crippen LogP contribution in [0.5, 0.6) is 0 Å². The lowest BCUT2D eigenvalue weighted by Crippen LogP contribution is -2.27. The zero-order chi connectivity index (χ0) is 14.7. The van der Waals surface area contributed by atoms with Crippen molar-refractivity contribution in [1.82, 2.24) is 0 Å². The van der Waals surface area contributed by atoms with Gasteiger partial charge in [-0.3, -0.25) is 9.59 Å². The molecule has 1 aliphatic heterocycles. The second-order valence-electron chi connectivity index (χ2n) is 6.05. The van der Waals surface area contributed by atoms with Crippen molar-refractivity contribution in [2.75, 3.05) is 6.61 Å². The molecule has 21 heavy (non-hydrogen) atoms. The number of hydrogen-bond acceptors (Lipinski definition) is 3. The highest BCUT2D eigenvalue weighted by molar-refractivity contribution is 6.52. The van der Waals surface area contributed by atoms with Crippen molar-refractivity contribution < 1.29 is 14.3 Å². The van der Waals surface area contributed by atoms with E-state index in [2.05, 4.69) is 19.1 Å². The molecule has 0 spiro atoms. The number of fused-ring (bicyclic) bond motifs is 4. The fourth-order valence-corrected chi connectivity index (χ4v) is 3.65. The van der Waals surface area contributed by atoms with Crippen molar-refractivity contribution in [1.29, 1.82) is 0 Å². The van der Waals surface area contributed by atoms with E-state index in [0.717, 1.165) is 29.5 Å². The molecule has 0 saturated carbocycles. The maximum Gasteiger partial charge on any atom is 0.234 e. The highest BCUT2D eigenvalue weighted by Gasteiger charge is 2.41. The van der Waals surface area contributed by atoms with E-state index in [0.29, 0.717) is 23.5 Å². The summed E-state index contributed by atoms with van der Waals surface area (Å²) in [7, 11) is 0. The number of rotatable bonds is 0. The minimum Gasteiger partial charge on any atom is -0.492 e. The Kier molecular flexibility index (Phi) is 2.49. The third-order valence-corrected chi connectivity index (χ3v) is 4.72. The predicted molar refractivity (Wildman–Crippen MR) is 79.8 cm³/mol. The van der Waals surface area contributed by atoms with Crippen molar-refractivity contribution >= 4 is 22.9 Å². The summed E-state index contributed by atoms with van der Waals surface area (Å²) in [5.74, 6) is -0.0878. The Morgan fingerprint density at radius 3 is 2.71 bits per heavy atom. The van der Waals surface area contributed by atoms with Crippen LogP contribution in [0.25, 0.3) is 11.3 Å². The molecule has 1 atom stereocenters. The third-order valence-electron chi connectivity index (χ3n) is 4.72. The summed E-state index contributed by atoms with van der Waals surface area (Å²) in [6.45, 7) is 4.47. The lowest BCUT2D eigenvalue weighted by Gasteiger charge is -2.24. The van der Waals surface area contributed by atoms with E-state index >= 15 is 0 Å². The van der Waals surface area contributed by atoms with Gasteiger partial charge >= 0.3 is 0 Å². The van der Waals surface area contributed by atoms with Gasteiger partial charge in [0.1, 0.15) is 5.76 Å². The molecule has 0 amide bonds. The number of hydrogen-bond donors (Lipinski definition) is 0. The Bertz CT molecular complexity index is 765. The van der Waals surface area contributed by atoms with Gasteiger partial charge in [-0.05, 0) is 42.5 Å². The summed E-state index contributed by atoms with van der Waals surface area (Å²) in [4.78, 5) is 25.1. The minimum atomic E-state index is -0.372. The normalized spacial score (nSPS) is 23.3. The average Bonchev–Trinajstić information content (AvgIpc) is 2.86. The molecular weight excluding hydrogens is 264 g/mol. The summed E-state index contributed by atoms with van der Waals surface area (Å²) in [6, 6.07) is 3.99. The maximum absolute atomic E-state index is 12.6. The van der Waals surface area contributed by atoms with E-state index in [-0.39, 0.29) is 17.5 Å². The van der Waals surface area contributed by atoms with E-state index in [1.807, 2.05) is 13.0 Å². The van der Waals surface area contributed by atoms with Gasteiger partial charge in [-0.25, -0.2) is 0 Å². The van der Waals surface area contributed by atoms with Crippen LogP contribution >= 0.6 is 0 Å². The van der Waals surface area contributed by atoms with Gasteiger partial charge < -0.3 is 4.74 Å². The SMILES string of the molecule is CC1=CCCc2c1ccc1c2C(=O)C(=O)C2=C1OC[C@H]2C. The number of carbonyl (C=O) groups excluding carboxylic acids is 2. The van der Waals surface area contributed by atoms with E-state index in [9.17, 15) is 9.59 Å². The molecule has 1 heterocycles. The van der Waals surface area contributed by atoms with Gasteiger partial charge in [0.25, 0.3) is 0 Å². The Morgan fingerprint density at radius 2 is 1.90 bits per heavy atom. The Labute approximate surface area is 123 Å². The number of Topliss-reactive ketones (excluding diaryl/α,β-unsaturated/α-hetero) is 2. The molecule has 3 nitrogen and oxygen atoms in total. The standard InChI is InChI=1S/C18H16O3/c1-9-4-3-5-12-11(9)6-7-13-15(12)17(20)16(19)14-10(2)8-21-18(13)14/h4,6-7,10H,3,5,8H2,1-2H3/t10-/m1/s1. The minimum absolute atomic E-state index is 0.00210. The first-order valence-electron chi connectivity index (χ1n) is 7.39. The number of benzene rings is 1. The van der Waals surface area contributed by atoms with Gasteiger partial charge in [-0.15, -0.1) is 0 Å². The molecule has 0 N–H and O–H groups in total. The highest BCUT2D eigenvalue weighted by Crippen LogP contribution is 2.42. The molecular formula is C18H16O3. The molecule has 0 bridgehead atoms. The molecule has 0 fully saturated rings. The van der Waals surface area contributed by atoms with Crippen LogP contribution in [0, 0.1) is 5.92 Å². The maximum atomic E-state index is 12.6. The number of allylic oxidation sites excluding steroid dienone is 2. The second-order valence-corrected chi connectivity index (χ2v) is 6.05. The van der Waals surface area contributed by atoms with Crippen molar-refractivity contribution in [3.63, 3.8) is 0 Å². The van der Waals surface area contributed by atoms with E-state index in [1.165, 1.54) is 5.57 Å². The van der Waals surface area contributed by atoms with Gasteiger partial charge in [0.15, 0.2) is 0 Å². The highest BCUT2D eigenvalue weighted by atomic mass is 16.5. The lowest BCUT2D eigenvalue weighted by molar-refractivity contribution is -0.112. The summed E-state index contributed by atoms with van der Waals surface area (Å²) >= 11 is 0. The van der Waals surface area contributed by atoms with Crippen LogP contribution < -0.4 is 0 Å². The van der Waals surface area contributed by atoms with Gasteiger partial charge in [0, 0.05) is 17.0 Å². The Morgan fingerprint density at radius 1 is 1.14 bits per heavy atom. The molecule has 4 rings (SSSR count). The van der Waals surface area contributed by atoms with Crippen LogP contribution in [0.15, 0.2) is 23.8 Å². The van der Waals surface area contributed by atoms with Crippen molar-refractivity contribution in [3.05, 3.63) is 46.0 Å². The van der Waals surface area contributed by atoms with Crippen LogP contribution in [0.3, 0.4) is 0 Å². The van der Waals surface area contributed by atoms with Crippen LogP contribution in [0.2, 0.25) is 0 Å². The first-order chi connectivity index (χ1) is 10.1. The van der Waals surface area contributed by atoms with Crippen molar-refractivity contribution in [3.8, 4) is 0 Å². The molecule has 1 aromatic carbocycles. The third kappa shape index (κ3) is 1.54. The summed E-state index contributed by atoms with van der Waals surface area (Å²) in [5, 5.41) is 0. The monoisotopic (exact) mass is 280 g/mol. The molecule has 1 aromatic rings. The largest absolute Gasteiger partial charge is 0.492 e. The first kappa shape index (κ1) is 12.6. The quantitative estimate of drug-likeness (QED) is 0.685. The van der Waals surface area contributed by atoms with Crippen molar-refractivity contribution in [2.24, 2.45) is 5.92 Å². The topological polar surface area (TPSA) is 43.4 Å². The fraction of sp³-hybridized carbons (Fsp3) is 0.333. The smallest absolute Gasteiger partial charge is 0.234 e. The van der Waals surface area contributed by atoms with Gasteiger partial charge in [-0.2, -0.15) is 0 Å². The van der Waals surface area contributed by atoms with Crippen LogP contribution in [0.1, 0.15) is 47.3 Å². The number of ether oxygens (including phenoxy) is 1. The second kappa shape index (κ2) is 4.17. The lowest BCUT2D eigenvalue weighted by atomic mass is 9.78. The van der Waals surface area contributed by atoms with Gasteiger partial charge in [0.05, 0.1) is 12.2 Å². The Hall–Kier alpha value is -2.16. The summed E-state index contributed by atoms with van der Waals surface area (Å²) in [6.07, 6.45) is 3.91. The van der Waals surface area contributed by atoms with Crippen LogP contribution in [-0.4, -0.2) is 18.2 Å². The molecule has 0 radical (unpaired) electrons.